The van der Waals surface area contributed by atoms with Crippen LogP contribution in [0.15, 0.2) is 70.2 Å². The molecule has 0 atom stereocenters. The first-order valence-corrected chi connectivity index (χ1v) is 10.9. The monoisotopic (exact) mass is 428 g/mol. The highest BCUT2D eigenvalue weighted by molar-refractivity contribution is 7.89. The summed E-state index contributed by atoms with van der Waals surface area (Å²) in [4.78, 5) is 12.6. The number of benzene rings is 2. The van der Waals surface area contributed by atoms with Gasteiger partial charge in [0.1, 0.15) is 11.5 Å². The Morgan fingerprint density at radius 2 is 1.87 bits per heavy atom. The van der Waals surface area contributed by atoms with Gasteiger partial charge in [-0.05, 0) is 60.9 Å². The van der Waals surface area contributed by atoms with Crippen molar-refractivity contribution in [1.29, 1.82) is 0 Å². The Hall–Kier alpha value is -3.10. The fourth-order valence-corrected chi connectivity index (χ4v) is 3.90. The van der Waals surface area contributed by atoms with E-state index in [0.717, 1.165) is 11.3 Å². The van der Waals surface area contributed by atoms with E-state index in [0.29, 0.717) is 29.9 Å². The van der Waals surface area contributed by atoms with Gasteiger partial charge in [-0.25, -0.2) is 13.1 Å². The molecule has 2 aromatic carbocycles. The molecule has 3 rings (SSSR count). The third-order valence-electron chi connectivity index (χ3n) is 4.64. The summed E-state index contributed by atoms with van der Waals surface area (Å²) in [5, 5.41) is 2.85. The van der Waals surface area contributed by atoms with Gasteiger partial charge in [-0.3, -0.25) is 4.79 Å². The van der Waals surface area contributed by atoms with E-state index >= 15 is 0 Å². The Morgan fingerprint density at radius 3 is 2.53 bits per heavy atom. The highest BCUT2D eigenvalue weighted by Crippen LogP contribution is 2.17. The van der Waals surface area contributed by atoms with Crippen molar-refractivity contribution >= 4 is 15.9 Å². The standard InChI is InChI=1S/C22H24N2O5S/c1-16-5-10-20(30(26,27)24-15-19-4-3-13-29-19)14-21(16)22(25)23-12-11-17-6-8-18(28-2)9-7-17/h3-10,13-14,24H,11-12,15H2,1-2H3,(H,23,25). The zero-order valence-corrected chi connectivity index (χ0v) is 17.7. The number of rotatable bonds is 9. The van der Waals surface area contributed by atoms with Crippen LogP contribution in [0.3, 0.4) is 0 Å². The third kappa shape index (κ3) is 5.49. The predicted octanol–water partition coefficient (Wildman–Crippen LogP) is 3.05. The fraction of sp³-hybridized carbons (Fsp3) is 0.227. The number of hydrogen-bond donors (Lipinski definition) is 2. The molecular weight excluding hydrogens is 404 g/mol. The van der Waals surface area contributed by atoms with Crippen molar-refractivity contribution in [2.24, 2.45) is 0 Å². The average molecular weight is 429 g/mol. The van der Waals surface area contributed by atoms with Crippen LogP contribution in [0.2, 0.25) is 0 Å². The third-order valence-corrected chi connectivity index (χ3v) is 6.04. The summed E-state index contributed by atoms with van der Waals surface area (Å²) in [6.45, 7) is 2.23. The van der Waals surface area contributed by atoms with E-state index in [4.69, 9.17) is 9.15 Å². The Balaban J connectivity index is 1.63. The van der Waals surface area contributed by atoms with Crippen molar-refractivity contribution in [3.63, 3.8) is 0 Å². The van der Waals surface area contributed by atoms with Crippen molar-refractivity contribution in [3.8, 4) is 5.75 Å². The second-order valence-corrected chi connectivity index (χ2v) is 8.50. The maximum absolute atomic E-state index is 12.6. The molecule has 0 saturated carbocycles. The lowest BCUT2D eigenvalue weighted by Gasteiger charge is -2.11. The van der Waals surface area contributed by atoms with Crippen molar-refractivity contribution in [2.45, 2.75) is 24.8 Å². The summed E-state index contributed by atoms with van der Waals surface area (Å²) in [5.74, 6) is 0.961. The molecule has 3 aromatic rings. The minimum atomic E-state index is -3.78. The van der Waals surface area contributed by atoms with Gasteiger partial charge in [0.25, 0.3) is 5.91 Å². The van der Waals surface area contributed by atoms with E-state index in [1.54, 1.807) is 32.2 Å². The highest BCUT2D eigenvalue weighted by atomic mass is 32.2. The average Bonchev–Trinajstić information content (AvgIpc) is 3.27. The molecule has 7 nitrogen and oxygen atoms in total. The van der Waals surface area contributed by atoms with Gasteiger partial charge >= 0.3 is 0 Å². The molecule has 0 bridgehead atoms. The van der Waals surface area contributed by atoms with Gasteiger partial charge in [-0.1, -0.05) is 18.2 Å². The zero-order chi connectivity index (χ0) is 21.6. The molecule has 0 radical (unpaired) electrons. The van der Waals surface area contributed by atoms with Crippen LogP contribution in [0.5, 0.6) is 5.75 Å². The van der Waals surface area contributed by atoms with Gasteiger partial charge in [0, 0.05) is 12.1 Å². The fourth-order valence-electron chi connectivity index (χ4n) is 2.88. The summed E-state index contributed by atoms with van der Waals surface area (Å²) >= 11 is 0. The molecule has 1 amide bonds. The molecule has 158 valence electrons. The van der Waals surface area contributed by atoms with E-state index < -0.39 is 10.0 Å². The maximum atomic E-state index is 12.6. The van der Waals surface area contributed by atoms with Crippen molar-refractivity contribution in [3.05, 3.63) is 83.3 Å². The SMILES string of the molecule is COc1ccc(CCNC(=O)c2cc(S(=O)(=O)NCc3ccco3)ccc2C)cc1. The minimum Gasteiger partial charge on any atom is -0.497 e. The second-order valence-electron chi connectivity index (χ2n) is 6.73. The van der Waals surface area contributed by atoms with E-state index in [1.165, 1.54) is 18.4 Å². The largest absolute Gasteiger partial charge is 0.497 e. The number of methoxy groups -OCH3 is 1. The normalized spacial score (nSPS) is 11.3. The Morgan fingerprint density at radius 1 is 1.10 bits per heavy atom. The molecule has 2 N–H and O–H groups in total. The van der Waals surface area contributed by atoms with E-state index in [2.05, 4.69) is 10.0 Å². The first kappa shape index (κ1) is 21.6. The lowest BCUT2D eigenvalue weighted by atomic mass is 10.1. The van der Waals surface area contributed by atoms with Crippen molar-refractivity contribution in [1.82, 2.24) is 10.0 Å². The van der Waals surface area contributed by atoms with E-state index in [9.17, 15) is 13.2 Å². The summed E-state index contributed by atoms with van der Waals surface area (Å²) < 4.78 is 37.9. The molecule has 0 unspecified atom stereocenters. The summed E-state index contributed by atoms with van der Waals surface area (Å²) in [6, 6.07) is 15.5. The van der Waals surface area contributed by atoms with Gasteiger partial charge < -0.3 is 14.5 Å². The van der Waals surface area contributed by atoms with Crippen LogP contribution in [0.25, 0.3) is 0 Å². The van der Waals surface area contributed by atoms with Crippen LogP contribution >= 0.6 is 0 Å². The number of carbonyl (C=O) groups is 1. The summed E-state index contributed by atoms with van der Waals surface area (Å²) in [7, 11) is -2.17. The minimum absolute atomic E-state index is 0.0277. The van der Waals surface area contributed by atoms with Crippen LogP contribution in [0, 0.1) is 6.92 Å². The Bertz CT molecular complexity index is 1090. The molecular formula is C22H24N2O5S. The van der Waals surface area contributed by atoms with Crippen LogP contribution in [-0.2, 0) is 23.0 Å². The first-order chi connectivity index (χ1) is 14.4. The number of amides is 1. The van der Waals surface area contributed by atoms with Crippen LogP contribution in [0.4, 0.5) is 0 Å². The lowest BCUT2D eigenvalue weighted by Crippen LogP contribution is -2.27. The van der Waals surface area contributed by atoms with Gasteiger partial charge in [-0.2, -0.15) is 0 Å². The topological polar surface area (TPSA) is 97.6 Å². The van der Waals surface area contributed by atoms with Crippen LogP contribution in [0.1, 0.15) is 27.2 Å². The Kier molecular flexibility index (Phi) is 6.91. The molecule has 0 aliphatic rings. The van der Waals surface area contributed by atoms with Gasteiger partial charge in [0.2, 0.25) is 10.0 Å². The maximum Gasteiger partial charge on any atom is 0.251 e. The molecule has 30 heavy (non-hydrogen) atoms. The van der Waals surface area contributed by atoms with Gasteiger partial charge in [0.15, 0.2) is 0 Å². The van der Waals surface area contributed by atoms with Gasteiger partial charge in [0.05, 0.1) is 24.8 Å². The number of ether oxygens (including phenoxy) is 1. The number of nitrogens with one attached hydrogen (secondary N) is 2. The number of furan rings is 1. The smallest absolute Gasteiger partial charge is 0.251 e. The molecule has 8 heteroatoms. The molecule has 0 fully saturated rings. The number of carbonyl (C=O) groups excluding carboxylic acids is 1. The number of aryl methyl sites for hydroxylation is 1. The Labute approximate surface area is 176 Å². The highest BCUT2D eigenvalue weighted by Gasteiger charge is 2.18. The van der Waals surface area contributed by atoms with E-state index in [-0.39, 0.29) is 17.3 Å². The predicted molar refractivity (Wildman–Crippen MR) is 113 cm³/mol. The summed E-state index contributed by atoms with van der Waals surface area (Å²) in [5.41, 5.74) is 2.08. The second kappa shape index (κ2) is 9.60. The van der Waals surface area contributed by atoms with Crippen molar-refractivity contribution < 1.29 is 22.4 Å². The molecule has 0 aliphatic heterocycles. The van der Waals surface area contributed by atoms with Gasteiger partial charge in [-0.15, -0.1) is 0 Å². The molecule has 0 aliphatic carbocycles. The van der Waals surface area contributed by atoms with Crippen LogP contribution in [-0.4, -0.2) is 28.0 Å². The van der Waals surface area contributed by atoms with Crippen LogP contribution < -0.4 is 14.8 Å². The summed E-state index contributed by atoms with van der Waals surface area (Å²) in [6.07, 6.45) is 2.13. The molecule has 1 heterocycles. The van der Waals surface area contributed by atoms with Crippen molar-refractivity contribution in [2.75, 3.05) is 13.7 Å². The quantitative estimate of drug-likeness (QED) is 0.546. The molecule has 0 saturated heterocycles. The number of sulfonamides is 1. The molecule has 0 spiro atoms. The lowest BCUT2D eigenvalue weighted by molar-refractivity contribution is 0.0953. The number of hydrogen-bond acceptors (Lipinski definition) is 5. The zero-order valence-electron chi connectivity index (χ0n) is 16.8. The van der Waals surface area contributed by atoms with E-state index in [1.807, 2.05) is 24.3 Å². The molecule has 1 aromatic heterocycles. The first-order valence-electron chi connectivity index (χ1n) is 9.43.